The molecule has 6 nitrogen and oxygen atoms in total. The van der Waals surface area contributed by atoms with Gasteiger partial charge in [-0.25, -0.2) is 4.68 Å². The number of benzene rings is 3. The van der Waals surface area contributed by atoms with E-state index in [4.69, 9.17) is 5.10 Å². The van der Waals surface area contributed by atoms with Gasteiger partial charge in [-0.2, -0.15) is 10.2 Å². The average molecular weight is 434 g/mol. The van der Waals surface area contributed by atoms with E-state index >= 15 is 0 Å². The summed E-state index contributed by atoms with van der Waals surface area (Å²) in [5, 5.41) is 12.2. The van der Waals surface area contributed by atoms with Gasteiger partial charge >= 0.3 is 0 Å². The van der Waals surface area contributed by atoms with Gasteiger partial charge in [0.05, 0.1) is 17.8 Å². The summed E-state index contributed by atoms with van der Waals surface area (Å²) < 4.78 is 3.54. The molecule has 0 fully saturated rings. The van der Waals surface area contributed by atoms with Crippen molar-refractivity contribution in [3.05, 3.63) is 120 Å². The number of para-hydroxylation sites is 1. The first-order valence-electron chi connectivity index (χ1n) is 10.8. The summed E-state index contributed by atoms with van der Waals surface area (Å²) in [6.45, 7) is 2.70. The quantitative estimate of drug-likeness (QED) is 0.393. The Balaban J connectivity index is 1.41. The van der Waals surface area contributed by atoms with E-state index < -0.39 is 0 Å². The van der Waals surface area contributed by atoms with Crippen molar-refractivity contribution in [2.45, 2.75) is 13.5 Å². The van der Waals surface area contributed by atoms with Crippen LogP contribution in [0.4, 0.5) is 5.82 Å². The van der Waals surface area contributed by atoms with Crippen molar-refractivity contribution in [3.63, 3.8) is 0 Å². The number of hydrogen-bond acceptors (Lipinski definition) is 3. The van der Waals surface area contributed by atoms with E-state index in [-0.39, 0.29) is 5.91 Å². The van der Waals surface area contributed by atoms with Gasteiger partial charge in [0.25, 0.3) is 5.91 Å². The number of carbonyl (C=O) groups excluding carboxylic acids is 1. The van der Waals surface area contributed by atoms with Gasteiger partial charge in [-0.05, 0) is 24.6 Å². The lowest BCUT2D eigenvalue weighted by Crippen LogP contribution is -2.13. The predicted octanol–water partition coefficient (Wildman–Crippen LogP) is 5.34. The van der Waals surface area contributed by atoms with Crippen LogP contribution in [0.15, 0.2) is 103 Å². The molecule has 0 bridgehead atoms. The Hall–Kier alpha value is -4.45. The minimum atomic E-state index is -0.253. The topological polar surface area (TPSA) is 64.7 Å². The highest BCUT2D eigenvalue weighted by molar-refractivity contribution is 6.07. The third-order valence-electron chi connectivity index (χ3n) is 5.37. The maximum absolute atomic E-state index is 13.2. The maximum Gasteiger partial charge on any atom is 0.260 e. The Morgan fingerprint density at radius 2 is 1.55 bits per heavy atom. The molecule has 0 aliphatic carbocycles. The molecule has 0 saturated carbocycles. The van der Waals surface area contributed by atoms with Crippen LogP contribution in [0.2, 0.25) is 0 Å². The van der Waals surface area contributed by atoms with Gasteiger partial charge in [0, 0.05) is 24.0 Å². The minimum Gasteiger partial charge on any atom is -0.305 e. The average Bonchev–Trinajstić information content (AvgIpc) is 3.49. The van der Waals surface area contributed by atoms with Crippen LogP contribution in [-0.4, -0.2) is 25.5 Å². The molecule has 1 amide bonds. The zero-order valence-electron chi connectivity index (χ0n) is 18.2. The Bertz CT molecular complexity index is 1370. The summed E-state index contributed by atoms with van der Waals surface area (Å²) in [5.41, 5.74) is 5.24. The molecule has 2 heterocycles. The smallest absolute Gasteiger partial charge is 0.260 e. The van der Waals surface area contributed by atoms with Crippen LogP contribution in [-0.2, 0) is 6.54 Å². The van der Waals surface area contributed by atoms with Crippen molar-refractivity contribution in [1.29, 1.82) is 0 Å². The highest BCUT2D eigenvalue weighted by Gasteiger charge is 2.19. The first-order chi connectivity index (χ1) is 16.2. The molecule has 1 N–H and O–H groups in total. The molecular weight excluding hydrogens is 410 g/mol. The van der Waals surface area contributed by atoms with Crippen molar-refractivity contribution < 1.29 is 4.79 Å². The number of aromatic nitrogens is 4. The molecule has 2 aromatic heterocycles. The number of anilines is 1. The molecule has 0 saturated heterocycles. The molecule has 0 aliphatic heterocycles. The SMILES string of the molecule is Cc1ccc(Cn2ccc(NC(=O)c3cn(-c4ccccc4)nc3-c3ccccc3)n2)cc1. The van der Waals surface area contributed by atoms with E-state index in [2.05, 4.69) is 41.6 Å². The van der Waals surface area contributed by atoms with E-state index in [0.29, 0.717) is 23.6 Å². The molecule has 5 aromatic rings. The zero-order valence-corrected chi connectivity index (χ0v) is 18.2. The molecule has 33 heavy (non-hydrogen) atoms. The molecule has 0 spiro atoms. The van der Waals surface area contributed by atoms with Crippen LogP contribution >= 0.6 is 0 Å². The number of carbonyl (C=O) groups is 1. The summed E-state index contributed by atoms with van der Waals surface area (Å²) in [7, 11) is 0. The monoisotopic (exact) mass is 433 g/mol. The highest BCUT2D eigenvalue weighted by atomic mass is 16.1. The zero-order chi connectivity index (χ0) is 22.6. The fourth-order valence-electron chi connectivity index (χ4n) is 3.64. The van der Waals surface area contributed by atoms with E-state index in [9.17, 15) is 4.79 Å². The summed E-state index contributed by atoms with van der Waals surface area (Å²) >= 11 is 0. The predicted molar refractivity (Wildman–Crippen MR) is 129 cm³/mol. The fourth-order valence-corrected chi connectivity index (χ4v) is 3.64. The van der Waals surface area contributed by atoms with Gasteiger partial charge in [0.2, 0.25) is 0 Å². The van der Waals surface area contributed by atoms with Crippen LogP contribution in [0.25, 0.3) is 16.9 Å². The second kappa shape index (κ2) is 8.96. The summed E-state index contributed by atoms with van der Waals surface area (Å²) in [6, 6.07) is 29.6. The van der Waals surface area contributed by atoms with Crippen molar-refractivity contribution in [2.75, 3.05) is 5.32 Å². The summed E-state index contributed by atoms with van der Waals surface area (Å²) in [5.74, 6) is 0.246. The number of aryl methyl sites for hydroxylation is 1. The number of rotatable bonds is 6. The largest absolute Gasteiger partial charge is 0.305 e. The van der Waals surface area contributed by atoms with Crippen LogP contribution in [0, 0.1) is 6.92 Å². The lowest BCUT2D eigenvalue weighted by molar-refractivity contribution is 0.102. The van der Waals surface area contributed by atoms with Crippen molar-refractivity contribution in [3.8, 4) is 16.9 Å². The molecule has 6 heteroatoms. The molecule has 0 unspecified atom stereocenters. The van der Waals surface area contributed by atoms with Gasteiger partial charge in [-0.3, -0.25) is 9.48 Å². The molecular formula is C27H23N5O. The van der Waals surface area contributed by atoms with Gasteiger partial charge in [-0.15, -0.1) is 0 Å². The Morgan fingerprint density at radius 3 is 2.27 bits per heavy atom. The van der Waals surface area contributed by atoms with Crippen LogP contribution in [0.5, 0.6) is 0 Å². The third kappa shape index (κ3) is 4.60. The molecule has 5 rings (SSSR count). The number of nitrogens with zero attached hydrogens (tertiary/aromatic N) is 4. The van der Waals surface area contributed by atoms with E-state index in [1.807, 2.05) is 71.5 Å². The van der Waals surface area contributed by atoms with Crippen LogP contribution < -0.4 is 5.32 Å². The van der Waals surface area contributed by atoms with E-state index in [1.54, 1.807) is 16.9 Å². The first-order valence-corrected chi connectivity index (χ1v) is 10.8. The Morgan fingerprint density at radius 1 is 0.848 bits per heavy atom. The van der Waals surface area contributed by atoms with Gasteiger partial charge in [0.15, 0.2) is 5.82 Å². The highest BCUT2D eigenvalue weighted by Crippen LogP contribution is 2.24. The second-order valence-electron chi connectivity index (χ2n) is 7.88. The first kappa shape index (κ1) is 20.5. The summed E-state index contributed by atoms with van der Waals surface area (Å²) in [6.07, 6.45) is 3.62. The normalized spacial score (nSPS) is 10.8. The lowest BCUT2D eigenvalue weighted by Gasteiger charge is -2.04. The minimum absolute atomic E-state index is 0.253. The Kier molecular flexibility index (Phi) is 5.55. The molecule has 0 aliphatic rings. The van der Waals surface area contributed by atoms with Crippen LogP contribution in [0.1, 0.15) is 21.5 Å². The fraction of sp³-hybridized carbons (Fsp3) is 0.0741. The number of nitrogens with one attached hydrogen (secondary N) is 1. The molecule has 0 radical (unpaired) electrons. The van der Waals surface area contributed by atoms with Gasteiger partial charge < -0.3 is 5.32 Å². The van der Waals surface area contributed by atoms with Crippen molar-refractivity contribution >= 4 is 11.7 Å². The second-order valence-corrected chi connectivity index (χ2v) is 7.88. The standard InChI is InChI=1S/C27H23N5O/c1-20-12-14-21(15-13-20)18-31-17-16-25(29-31)28-27(33)24-19-32(23-10-6-3-7-11-23)30-26(24)22-8-4-2-5-9-22/h2-17,19H,18H2,1H3,(H,28,29,33). The molecule has 162 valence electrons. The Labute approximate surface area is 192 Å². The number of amides is 1. The van der Waals surface area contributed by atoms with Crippen molar-refractivity contribution in [1.82, 2.24) is 19.6 Å². The molecule has 0 atom stereocenters. The van der Waals surface area contributed by atoms with Gasteiger partial charge in [0.1, 0.15) is 5.69 Å². The van der Waals surface area contributed by atoms with Crippen LogP contribution in [0.3, 0.4) is 0 Å². The third-order valence-corrected chi connectivity index (χ3v) is 5.37. The maximum atomic E-state index is 13.2. The van der Waals surface area contributed by atoms with E-state index in [0.717, 1.165) is 16.8 Å². The van der Waals surface area contributed by atoms with Crippen molar-refractivity contribution in [2.24, 2.45) is 0 Å². The van der Waals surface area contributed by atoms with E-state index in [1.165, 1.54) is 5.56 Å². The summed E-state index contributed by atoms with van der Waals surface area (Å²) in [4.78, 5) is 13.2. The number of hydrogen-bond donors (Lipinski definition) is 1. The lowest BCUT2D eigenvalue weighted by atomic mass is 10.1. The molecule has 3 aromatic carbocycles. The van der Waals surface area contributed by atoms with Gasteiger partial charge in [-0.1, -0.05) is 78.4 Å².